The molecule has 0 unspecified atom stereocenters. The summed E-state index contributed by atoms with van der Waals surface area (Å²) in [5.41, 5.74) is 4.09. The van der Waals surface area contributed by atoms with Crippen molar-refractivity contribution in [1.29, 1.82) is 5.26 Å². The zero-order valence-corrected chi connectivity index (χ0v) is 17.7. The van der Waals surface area contributed by atoms with Crippen LogP contribution < -0.4 is 15.4 Å². The fourth-order valence-electron chi connectivity index (χ4n) is 3.27. The lowest BCUT2D eigenvalue weighted by atomic mass is 10.1. The molecule has 160 valence electrons. The van der Waals surface area contributed by atoms with Crippen LogP contribution in [0.2, 0.25) is 0 Å². The lowest BCUT2D eigenvalue weighted by molar-refractivity contribution is -0.123. The predicted molar refractivity (Wildman–Crippen MR) is 115 cm³/mol. The molecule has 2 amide bonds. The van der Waals surface area contributed by atoms with Crippen LogP contribution in [-0.2, 0) is 16.0 Å². The molecular weight excluding hydrogens is 396 g/mol. The number of aromatic nitrogens is 3. The number of rotatable bonds is 8. The minimum Gasteiger partial charge on any atom is -0.484 e. The molecule has 0 bridgehead atoms. The highest BCUT2D eigenvalue weighted by Crippen LogP contribution is 2.20. The van der Waals surface area contributed by atoms with Crippen LogP contribution in [0, 0.1) is 25.2 Å². The van der Waals surface area contributed by atoms with Gasteiger partial charge in [-0.2, -0.15) is 10.4 Å². The second kappa shape index (κ2) is 9.71. The normalized spacial score (nSPS) is 10.5. The highest BCUT2D eigenvalue weighted by atomic mass is 16.5. The fraction of sp³-hybridized carbons (Fsp3) is 0.318. The molecule has 0 radical (unpaired) electrons. The molecule has 31 heavy (non-hydrogen) atoms. The number of carbonyl (C=O) groups is 2. The van der Waals surface area contributed by atoms with Crippen LogP contribution in [0.3, 0.4) is 0 Å². The van der Waals surface area contributed by atoms with Gasteiger partial charge in [-0.15, -0.1) is 0 Å². The van der Waals surface area contributed by atoms with Crippen molar-refractivity contribution in [2.45, 2.75) is 33.6 Å². The molecule has 0 aliphatic rings. The van der Waals surface area contributed by atoms with Crippen molar-refractivity contribution in [3.05, 3.63) is 53.0 Å². The average Bonchev–Trinajstić information content (AvgIpc) is 3.15. The van der Waals surface area contributed by atoms with E-state index >= 15 is 0 Å². The largest absolute Gasteiger partial charge is 0.484 e. The summed E-state index contributed by atoms with van der Waals surface area (Å²) in [4.78, 5) is 28.5. The first-order chi connectivity index (χ1) is 14.9. The number of nitrogens with zero attached hydrogens (tertiary/aromatic N) is 4. The lowest BCUT2D eigenvalue weighted by Gasteiger charge is -2.12. The summed E-state index contributed by atoms with van der Waals surface area (Å²) in [6, 6.07) is 8.99. The maximum atomic E-state index is 12.5. The number of likely N-dealkylation sites (N-methyl/N-ethyl adjacent to an activating group) is 1. The maximum absolute atomic E-state index is 12.5. The number of nitrogens with one attached hydrogen (secondary N) is 2. The summed E-state index contributed by atoms with van der Waals surface area (Å²) in [5.74, 6) is 0.141. The third-order valence-electron chi connectivity index (χ3n) is 4.79. The number of nitriles is 1. The molecule has 3 aromatic rings. The van der Waals surface area contributed by atoms with Crippen LogP contribution >= 0.6 is 0 Å². The van der Waals surface area contributed by atoms with Gasteiger partial charge in [0.25, 0.3) is 5.91 Å². The van der Waals surface area contributed by atoms with Gasteiger partial charge in [0.1, 0.15) is 17.4 Å². The first kappa shape index (κ1) is 21.8. The molecule has 0 aliphatic heterocycles. The molecule has 0 saturated carbocycles. The second-order valence-corrected chi connectivity index (χ2v) is 6.98. The Bertz CT molecular complexity index is 1160. The van der Waals surface area contributed by atoms with Gasteiger partial charge < -0.3 is 15.4 Å². The van der Waals surface area contributed by atoms with E-state index in [2.05, 4.69) is 26.8 Å². The van der Waals surface area contributed by atoms with Gasteiger partial charge in [0.15, 0.2) is 12.3 Å². The molecule has 9 nitrogen and oxygen atoms in total. The van der Waals surface area contributed by atoms with Gasteiger partial charge in [0.2, 0.25) is 5.91 Å². The Morgan fingerprint density at radius 2 is 2.06 bits per heavy atom. The summed E-state index contributed by atoms with van der Waals surface area (Å²) < 4.78 is 7.08. The van der Waals surface area contributed by atoms with E-state index in [1.807, 2.05) is 20.8 Å². The SMILES string of the molecule is CCNC(=O)COc1cccc(NC(=O)CCc2c(C)nc3c(C#N)cnn3c2C)c1. The molecule has 2 N–H and O–H groups in total. The van der Waals surface area contributed by atoms with Crippen molar-refractivity contribution < 1.29 is 14.3 Å². The van der Waals surface area contributed by atoms with Gasteiger partial charge in [-0.3, -0.25) is 9.59 Å². The monoisotopic (exact) mass is 420 g/mol. The number of anilines is 1. The minimum atomic E-state index is -0.202. The highest BCUT2D eigenvalue weighted by Gasteiger charge is 2.15. The van der Waals surface area contributed by atoms with E-state index in [1.54, 1.807) is 28.8 Å². The zero-order chi connectivity index (χ0) is 22.4. The third kappa shape index (κ3) is 5.17. The zero-order valence-electron chi connectivity index (χ0n) is 17.7. The molecular formula is C22H24N6O3. The Labute approximate surface area is 180 Å². The Balaban J connectivity index is 1.63. The van der Waals surface area contributed by atoms with Crippen LogP contribution in [0.5, 0.6) is 5.75 Å². The van der Waals surface area contributed by atoms with E-state index in [9.17, 15) is 14.9 Å². The Morgan fingerprint density at radius 1 is 1.26 bits per heavy atom. The maximum Gasteiger partial charge on any atom is 0.257 e. The molecule has 0 aliphatic carbocycles. The molecule has 0 atom stereocenters. The Kier molecular flexibility index (Phi) is 6.82. The summed E-state index contributed by atoms with van der Waals surface area (Å²) in [6.45, 7) is 6.06. The van der Waals surface area contributed by atoms with Crippen LogP contribution in [-0.4, -0.2) is 39.6 Å². The van der Waals surface area contributed by atoms with Crippen molar-refractivity contribution in [2.75, 3.05) is 18.5 Å². The van der Waals surface area contributed by atoms with Gasteiger partial charge in [-0.25, -0.2) is 9.50 Å². The molecule has 0 saturated heterocycles. The van der Waals surface area contributed by atoms with Crippen LogP contribution in [0.25, 0.3) is 5.65 Å². The summed E-state index contributed by atoms with van der Waals surface area (Å²) >= 11 is 0. The number of hydrogen-bond donors (Lipinski definition) is 2. The summed E-state index contributed by atoms with van der Waals surface area (Å²) in [6.07, 6.45) is 2.24. The fourth-order valence-corrected chi connectivity index (χ4v) is 3.27. The number of amides is 2. The smallest absolute Gasteiger partial charge is 0.257 e. The first-order valence-electron chi connectivity index (χ1n) is 9.96. The number of fused-ring (bicyclic) bond motifs is 1. The summed E-state index contributed by atoms with van der Waals surface area (Å²) in [5, 5.41) is 18.9. The summed E-state index contributed by atoms with van der Waals surface area (Å²) in [7, 11) is 0. The van der Waals surface area contributed by atoms with E-state index < -0.39 is 0 Å². The predicted octanol–water partition coefficient (Wildman–Crippen LogP) is 2.30. The van der Waals surface area contributed by atoms with Gasteiger partial charge in [0, 0.05) is 36.1 Å². The van der Waals surface area contributed by atoms with Crippen molar-refractivity contribution in [1.82, 2.24) is 19.9 Å². The topological polar surface area (TPSA) is 121 Å². The van der Waals surface area contributed by atoms with Crippen LogP contribution in [0.15, 0.2) is 30.5 Å². The number of hydrogen-bond acceptors (Lipinski definition) is 6. The van der Waals surface area contributed by atoms with Crippen molar-refractivity contribution in [3.8, 4) is 11.8 Å². The van der Waals surface area contributed by atoms with E-state index in [0.717, 1.165) is 17.0 Å². The Hall–Kier alpha value is -3.93. The van der Waals surface area contributed by atoms with E-state index in [0.29, 0.717) is 35.6 Å². The van der Waals surface area contributed by atoms with Crippen LogP contribution in [0.4, 0.5) is 5.69 Å². The van der Waals surface area contributed by atoms with Crippen LogP contribution in [0.1, 0.15) is 35.9 Å². The minimum absolute atomic E-state index is 0.0831. The number of benzene rings is 1. The van der Waals surface area contributed by atoms with E-state index in [-0.39, 0.29) is 24.8 Å². The van der Waals surface area contributed by atoms with Crippen molar-refractivity contribution in [2.24, 2.45) is 0 Å². The first-order valence-corrected chi connectivity index (χ1v) is 9.96. The molecule has 9 heteroatoms. The molecule has 2 heterocycles. The molecule has 3 rings (SSSR count). The molecule has 1 aromatic carbocycles. The van der Waals surface area contributed by atoms with Crippen molar-refractivity contribution in [3.63, 3.8) is 0 Å². The number of ether oxygens (including phenoxy) is 1. The van der Waals surface area contributed by atoms with Gasteiger partial charge in [0.05, 0.1) is 6.20 Å². The van der Waals surface area contributed by atoms with E-state index in [4.69, 9.17) is 4.74 Å². The van der Waals surface area contributed by atoms with Crippen molar-refractivity contribution >= 4 is 23.1 Å². The lowest BCUT2D eigenvalue weighted by Crippen LogP contribution is -2.28. The quantitative estimate of drug-likeness (QED) is 0.577. The van der Waals surface area contributed by atoms with Gasteiger partial charge in [-0.05, 0) is 44.9 Å². The van der Waals surface area contributed by atoms with E-state index in [1.165, 1.54) is 6.20 Å². The van der Waals surface area contributed by atoms with Gasteiger partial charge in [-0.1, -0.05) is 6.07 Å². The Morgan fingerprint density at radius 3 is 2.81 bits per heavy atom. The molecule has 2 aromatic heterocycles. The number of carbonyl (C=O) groups excluding carboxylic acids is 2. The highest BCUT2D eigenvalue weighted by molar-refractivity contribution is 5.91. The van der Waals surface area contributed by atoms with Gasteiger partial charge >= 0.3 is 0 Å². The number of aryl methyl sites for hydroxylation is 2. The molecule has 0 fully saturated rings. The second-order valence-electron chi connectivity index (χ2n) is 6.98. The molecule has 0 spiro atoms. The third-order valence-corrected chi connectivity index (χ3v) is 4.79. The standard InChI is InChI=1S/C22H24N6O3/c1-4-24-21(30)13-31-18-7-5-6-17(10-18)27-20(29)9-8-19-14(2)26-22-16(11-23)12-25-28(22)15(19)3/h5-7,10,12H,4,8-9,13H2,1-3H3,(H,24,30)(H,27,29). The average molecular weight is 420 g/mol.